The second kappa shape index (κ2) is 5.99. The van der Waals surface area contributed by atoms with Gasteiger partial charge in [-0.2, -0.15) is 0 Å². The van der Waals surface area contributed by atoms with Crippen molar-refractivity contribution in [1.29, 1.82) is 0 Å². The molecule has 1 fully saturated rings. The fourth-order valence-corrected chi connectivity index (χ4v) is 4.15. The molecule has 1 aliphatic heterocycles. The van der Waals surface area contributed by atoms with Crippen LogP contribution in [-0.2, 0) is 0 Å². The van der Waals surface area contributed by atoms with Gasteiger partial charge in [-0.3, -0.25) is 0 Å². The van der Waals surface area contributed by atoms with Gasteiger partial charge in [0.2, 0.25) is 0 Å². The predicted octanol–water partition coefficient (Wildman–Crippen LogP) is 3.07. The SMILES string of the molecule is CC(=C1SCCCS1)C(C)CCN. The van der Waals surface area contributed by atoms with Crippen LogP contribution < -0.4 is 5.73 Å². The van der Waals surface area contributed by atoms with Crippen molar-refractivity contribution >= 4 is 23.5 Å². The molecule has 0 amide bonds. The summed E-state index contributed by atoms with van der Waals surface area (Å²) in [6.07, 6.45) is 2.48. The fraction of sp³-hybridized carbons (Fsp3) is 0.800. The Balaban J connectivity index is 2.54. The van der Waals surface area contributed by atoms with Gasteiger partial charge in [-0.05, 0) is 43.7 Å². The normalized spacial score (nSPS) is 20.1. The fourth-order valence-electron chi connectivity index (χ4n) is 1.33. The number of thioether (sulfide) groups is 2. The van der Waals surface area contributed by atoms with E-state index >= 15 is 0 Å². The van der Waals surface area contributed by atoms with E-state index in [4.69, 9.17) is 5.73 Å². The highest BCUT2D eigenvalue weighted by molar-refractivity contribution is 8.22. The van der Waals surface area contributed by atoms with Crippen molar-refractivity contribution in [2.24, 2.45) is 11.7 Å². The van der Waals surface area contributed by atoms with Gasteiger partial charge in [-0.1, -0.05) is 12.5 Å². The molecule has 2 N–H and O–H groups in total. The molecule has 0 aliphatic carbocycles. The number of allylic oxidation sites excluding steroid dienone is 1. The summed E-state index contributed by atoms with van der Waals surface area (Å²) in [7, 11) is 0. The highest BCUT2D eigenvalue weighted by atomic mass is 32.2. The first-order valence-corrected chi connectivity index (χ1v) is 6.89. The maximum Gasteiger partial charge on any atom is 0.0392 e. The summed E-state index contributed by atoms with van der Waals surface area (Å²) >= 11 is 4.05. The number of hydrogen-bond donors (Lipinski definition) is 1. The molecule has 3 heteroatoms. The lowest BCUT2D eigenvalue weighted by Gasteiger charge is -2.19. The van der Waals surface area contributed by atoms with Crippen LogP contribution in [0.25, 0.3) is 0 Å². The van der Waals surface area contributed by atoms with Gasteiger partial charge in [-0.15, -0.1) is 23.5 Å². The Labute approximate surface area is 89.9 Å². The molecule has 1 nitrogen and oxygen atoms in total. The molecule has 0 radical (unpaired) electrons. The van der Waals surface area contributed by atoms with Crippen molar-refractivity contribution in [3.05, 3.63) is 9.81 Å². The molecule has 1 saturated heterocycles. The molecule has 0 aromatic carbocycles. The van der Waals surface area contributed by atoms with E-state index < -0.39 is 0 Å². The molecule has 1 atom stereocenters. The molecule has 1 unspecified atom stereocenters. The van der Waals surface area contributed by atoms with Crippen LogP contribution in [0, 0.1) is 5.92 Å². The van der Waals surface area contributed by atoms with Gasteiger partial charge in [0.1, 0.15) is 0 Å². The summed E-state index contributed by atoms with van der Waals surface area (Å²) in [4.78, 5) is 0. The Morgan fingerprint density at radius 3 is 2.62 bits per heavy atom. The number of hydrogen-bond acceptors (Lipinski definition) is 3. The average Bonchev–Trinajstić information content (AvgIpc) is 2.18. The van der Waals surface area contributed by atoms with E-state index in [-0.39, 0.29) is 0 Å². The molecule has 0 spiro atoms. The van der Waals surface area contributed by atoms with Crippen molar-refractivity contribution < 1.29 is 0 Å². The lowest BCUT2D eigenvalue weighted by atomic mass is 10.0. The third-order valence-corrected chi connectivity index (χ3v) is 5.28. The Hall–Kier alpha value is 0.400. The molecule has 0 saturated carbocycles. The maximum absolute atomic E-state index is 5.56. The predicted molar refractivity (Wildman–Crippen MR) is 65.1 cm³/mol. The molecule has 76 valence electrons. The third kappa shape index (κ3) is 3.56. The largest absolute Gasteiger partial charge is 0.330 e. The van der Waals surface area contributed by atoms with Crippen LogP contribution in [0.2, 0.25) is 0 Å². The van der Waals surface area contributed by atoms with E-state index in [0.717, 1.165) is 13.0 Å². The Kier molecular flexibility index (Phi) is 5.29. The van der Waals surface area contributed by atoms with Crippen LogP contribution >= 0.6 is 23.5 Å². The van der Waals surface area contributed by atoms with Crippen molar-refractivity contribution in [2.75, 3.05) is 18.1 Å². The van der Waals surface area contributed by atoms with E-state index in [1.54, 1.807) is 9.81 Å². The second-order valence-electron chi connectivity index (χ2n) is 3.50. The highest BCUT2D eigenvalue weighted by Crippen LogP contribution is 2.39. The minimum absolute atomic E-state index is 0.665. The smallest absolute Gasteiger partial charge is 0.0392 e. The van der Waals surface area contributed by atoms with Gasteiger partial charge in [0.25, 0.3) is 0 Å². The molecule has 0 aromatic rings. The minimum atomic E-state index is 0.665. The summed E-state index contributed by atoms with van der Waals surface area (Å²) in [5, 5.41) is 0. The standard InChI is InChI=1S/C10H19NS2/c1-8(4-5-11)9(2)10-12-6-3-7-13-10/h8H,3-7,11H2,1-2H3. The number of nitrogens with two attached hydrogens (primary N) is 1. The van der Waals surface area contributed by atoms with Crippen LogP contribution in [0.1, 0.15) is 26.7 Å². The monoisotopic (exact) mass is 217 g/mol. The summed E-state index contributed by atoms with van der Waals surface area (Å²) in [6, 6.07) is 0. The molecule has 0 aromatic heterocycles. The summed E-state index contributed by atoms with van der Waals surface area (Å²) in [6.45, 7) is 5.35. The molecule has 13 heavy (non-hydrogen) atoms. The zero-order valence-corrected chi connectivity index (χ0v) is 10.1. The molecule has 1 rings (SSSR count). The van der Waals surface area contributed by atoms with E-state index in [2.05, 4.69) is 13.8 Å². The Bertz CT molecular complexity index is 181. The lowest BCUT2D eigenvalue weighted by Crippen LogP contribution is -2.08. The van der Waals surface area contributed by atoms with Crippen molar-refractivity contribution in [1.82, 2.24) is 0 Å². The Morgan fingerprint density at radius 2 is 2.08 bits per heavy atom. The summed E-state index contributed by atoms with van der Waals surface area (Å²) in [5.41, 5.74) is 7.12. The average molecular weight is 217 g/mol. The van der Waals surface area contributed by atoms with Gasteiger partial charge in [0.15, 0.2) is 0 Å². The van der Waals surface area contributed by atoms with E-state index in [0.29, 0.717) is 5.92 Å². The van der Waals surface area contributed by atoms with E-state index in [9.17, 15) is 0 Å². The minimum Gasteiger partial charge on any atom is -0.330 e. The first-order chi connectivity index (χ1) is 6.25. The first kappa shape index (κ1) is 11.5. The van der Waals surface area contributed by atoms with Crippen molar-refractivity contribution in [2.45, 2.75) is 26.7 Å². The van der Waals surface area contributed by atoms with Crippen LogP contribution in [0.3, 0.4) is 0 Å². The first-order valence-electron chi connectivity index (χ1n) is 4.92. The quantitative estimate of drug-likeness (QED) is 0.787. The lowest BCUT2D eigenvalue weighted by molar-refractivity contribution is 0.623. The maximum atomic E-state index is 5.56. The van der Waals surface area contributed by atoms with Gasteiger partial charge in [0.05, 0.1) is 0 Å². The summed E-state index contributed by atoms with van der Waals surface area (Å²) < 4.78 is 1.56. The number of rotatable bonds is 3. The van der Waals surface area contributed by atoms with Gasteiger partial charge < -0.3 is 5.73 Å². The molecular formula is C10H19NS2. The molecular weight excluding hydrogens is 198 g/mol. The zero-order valence-electron chi connectivity index (χ0n) is 8.51. The van der Waals surface area contributed by atoms with Crippen LogP contribution in [0.4, 0.5) is 0 Å². The molecule has 1 heterocycles. The third-order valence-electron chi connectivity index (χ3n) is 2.42. The highest BCUT2D eigenvalue weighted by Gasteiger charge is 2.13. The van der Waals surface area contributed by atoms with Gasteiger partial charge in [-0.25, -0.2) is 0 Å². The molecule has 1 aliphatic rings. The van der Waals surface area contributed by atoms with Crippen LogP contribution in [-0.4, -0.2) is 18.1 Å². The molecule has 0 bridgehead atoms. The van der Waals surface area contributed by atoms with Gasteiger partial charge in [0, 0.05) is 4.24 Å². The van der Waals surface area contributed by atoms with Gasteiger partial charge >= 0.3 is 0 Å². The summed E-state index contributed by atoms with van der Waals surface area (Å²) in [5.74, 6) is 3.27. The van der Waals surface area contributed by atoms with Crippen LogP contribution in [0.15, 0.2) is 9.81 Å². The van der Waals surface area contributed by atoms with Crippen molar-refractivity contribution in [3.63, 3.8) is 0 Å². The topological polar surface area (TPSA) is 26.0 Å². The second-order valence-corrected chi connectivity index (χ2v) is 5.97. The Morgan fingerprint density at radius 1 is 1.46 bits per heavy atom. The van der Waals surface area contributed by atoms with E-state index in [1.807, 2.05) is 23.5 Å². The zero-order chi connectivity index (χ0) is 9.68. The van der Waals surface area contributed by atoms with E-state index in [1.165, 1.54) is 17.9 Å². The van der Waals surface area contributed by atoms with Crippen molar-refractivity contribution in [3.8, 4) is 0 Å². The van der Waals surface area contributed by atoms with Crippen LogP contribution in [0.5, 0.6) is 0 Å².